The third-order valence-corrected chi connectivity index (χ3v) is 5.77. The molecule has 9 heteroatoms. The Bertz CT molecular complexity index is 1020. The van der Waals surface area contributed by atoms with Crippen LogP contribution >= 0.6 is 35.0 Å². The highest BCUT2D eigenvalue weighted by Gasteiger charge is 2.28. The summed E-state index contributed by atoms with van der Waals surface area (Å²) < 4.78 is 2.23. The van der Waals surface area contributed by atoms with E-state index in [0.29, 0.717) is 16.0 Å². The Morgan fingerprint density at radius 3 is 2.33 bits per heavy atom. The van der Waals surface area contributed by atoms with Crippen molar-refractivity contribution in [2.75, 3.05) is 7.05 Å². The summed E-state index contributed by atoms with van der Waals surface area (Å²) in [6.07, 6.45) is 3.43. The van der Waals surface area contributed by atoms with E-state index >= 15 is 0 Å². The number of hydrogen-bond donors (Lipinski definition) is 0. The van der Waals surface area contributed by atoms with Crippen molar-refractivity contribution in [2.45, 2.75) is 43.2 Å². The Kier molecular flexibility index (Phi) is 7.28. The maximum Gasteiger partial charge on any atom is 0.467 e. The number of hydroxylamine groups is 2. The molecule has 3 heterocycles. The SMILES string of the molecule is CN1OC1=O.Cc1nc(C(C)C)c(Sc2cc(Cl)cc(Cl)c2)n1Cc1cccnc1. The summed E-state index contributed by atoms with van der Waals surface area (Å²) in [5.74, 6) is 1.31. The van der Waals surface area contributed by atoms with Gasteiger partial charge in [-0.05, 0) is 42.7 Å². The zero-order valence-electron chi connectivity index (χ0n) is 17.1. The second-order valence-corrected chi connectivity index (χ2v) is 8.95. The summed E-state index contributed by atoms with van der Waals surface area (Å²) in [6, 6.07) is 9.63. The Labute approximate surface area is 190 Å². The Morgan fingerprint density at radius 2 is 1.83 bits per heavy atom. The van der Waals surface area contributed by atoms with Crippen LogP contribution in [0.3, 0.4) is 0 Å². The van der Waals surface area contributed by atoms with Gasteiger partial charge in [-0.3, -0.25) is 4.98 Å². The number of nitrogens with zero attached hydrogens (tertiary/aromatic N) is 4. The van der Waals surface area contributed by atoms with Crippen LogP contribution in [-0.4, -0.2) is 32.7 Å². The van der Waals surface area contributed by atoms with E-state index in [1.165, 1.54) is 0 Å². The molecular formula is C21H22Cl2N4O2S. The van der Waals surface area contributed by atoms with Gasteiger partial charge in [0.1, 0.15) is 10.9 Å². The highest BCUT2D eigenvalue weighted by Crippen LogP contribution is 2.37. The normalized spacial score (nSPS) is 12.5. The standard InChI is InChI=1S/C19H19Cl2N3S.C2H3NO2/c1-12(2)18-19(25-17-8-15(20)7-16(21)9-17)24(13(3)23-18)11-14-5-4-6-22-10-14;1-3-2(4)5-3/h4-10,12H,11H2,1-3H3;1H3. The Balaban J connectivity index is 0.000000448. The molecule has 0 atom stereocenters. The first-order valence-electron chi connectivity index (χ1n) is 9.30. The van der Waals surface area contributed by atoms with Crippen LogP contribution in [0.5, 0.6) is 0 Å². The smallest absolute Gasteiger partial charge is 0.318 e. The molecule has 0 spiro atoms. The largest absolute Gasteiger partial charge is 0.467 e. The van der Waals surface area contributed by atoms with Gasteiger partial charge in [0.25, 0.3) is 0 Å². The Morgan fingerprint density at radius 1 is 1.20 bits per heavy atom. The van der Waals surface area contributed by atoms with Gasteiger partial charge in [0.15, 0.2) is 0 Å². The maximum atomic E-state index is 9.59. The minimum Gasteiger partial charge on any atom is -0.318 e. The number of carbonyl (C=O) groups excluding carboxylic acids is 1. The highest BCUT2D eigenvalue weighted by atomic mass is 35.5. The third kappa shape index (κ3) is 5.90. The lowest BCUT2D eigenvalue weighted by atomic mass is 10.1. The van der Waals surface area contributed by atoms with Gasteiger partial charge in [0, 0.05) is 27.3 Å². The van der Waals surface area contributed by atoms with E-state index in [1.807, 2.05) is 31.3 Å². The second kappa shape index (κ2) is 9.73. The van der Waals surface area contributed by atoms with Crippen LogP contribution in [0.1, 0.15) is 36.8 Å². The molecule has 158 valence electrons. The van der Waals surface area contributed by atoms with Crippen LogP contribution in [0.4, 0.5) is 4.79 Å². The number of benzene rings is 1. The van der Waals surface area contributed by atoms with Crippen LogP contribution in [-0.2, 0) is 11.4 Å². The summed E-state index contributed by atoms with van der Waals surface area (Å²) in [5, 5.41) is 3.54. The molecule has 0 radical (unpaired) electrons. The fraction of sp³-hybridized carbons (Fsp3) is 0.286. The van der Waals surface area contributed by atoms with Gasteiger partial charge in [-0.1, -0.05) is 54.9 Å². The molecule has 1 fully saturated rings. The van der Waals surface area contributed by atoms with Crippen molar-refractivity contribution in [2.24, 2.45) is 0 Å². The van der Waals surface area contributed by atoms with E-state index < -0.39 is 0 Å². The number of aryl methyl sites for hydroxylation is 1. The lowest BCUT2D eigenvalue weighted by Crippen LogP contribution is -2.04. The molecule has 0 N–H and O–H groups in total. The average molecular weight is 465 g/mol. The summed E-state index contributed by atoms with van der Waals surface area (Å²) >= 11 is 14.0. The van der Waals surface area contributed by atoms with Gasteiger partial charge in [0.2, 0.25) is 0 Å². The van der Waals surface area contributed by atoms with Crippen molar-refractivity contribution < 1.29 is 9.63 Å². The zero-order valence-corrected chi connectivity index (χ0v) is 19.4. The molecule has 1 aliphatic heterocycles. The molecule has 30 heavy (non-hydrogen) atoms. The minimum absolute atomic E-state index is 0.245. The molecule has 6 nitrogen and oxygen atoms in total. The van der Waals surface area contributed by atoms with Gasteiger partial charge >= 0.3 is 6.09 Å². The molecule has 1 aromatic carbocycles. The van der Waals surface area contributed by atoms with E-state index in [9.17, 15) is 4.79 Å². The number of carbonyl (C=O) groups is 1. The summed E-state index contributed by atoms with van der Waals surface area (Å²) in [4.78, 5) is 23.7. The molecule has 4 rings (SSSR count). The first-order valence-corrected chi connectivity index (χ1v) is 10.9. The molecule has 2 aromatic heterocycles. The summed E-state index contributed by atoms with van der Waals surface area (Å²) in [6.45, 7) is 7.09. The molecule has 0 saturated carbocycles. The Hall–Kier alpha value is -2.22. The van der Waals surface area contributed by atoms with Crippen molar-refractivity contribution in [3.05, 3.63) is 69.9 Å². The number of amides is 1. The average Bonchev–Trinajstić information content (AvgIpc) is 3.24. The molecule has 1 saturated heterocycles. The van der Waals surface area contributed by atoms with Gasteiger partial charge in [0.05, 0.1) is 19.3 Å². The van der Waals surface area contributed by atoms with Crippen molar-refractivity contribution in [1.82, 2.24) is 19.6 Å². The van der Waals surface area contributed by atoms with Gasteiger partial charge in [-0.2, -0.15) is 0 Å². The minimum atomic E-state index is -0.245. The number of halogens is 2. The first-order chi connectivity index (χ1) is 14.2. The van der Waals surface area contributed by atoms with E-state index in [-0.39, 0.29) is 6.09 Å². The topological polar surface area (TPSA) is 63.3 Å². The number of imidazole rings is 1. The van der Waals surface area contributed by atoms with Gasteiger partial charge in [-0.25, -0.2) is 9.78 Å². The van der Waals surface area contributed by atoms with Crippen LogP contribution < -0.4 is 0 Å². The lowest BCUT2D eigenvalue weighted by Gasteiger charge is -2.13. The fourth-order valence-corrected chi connectivity index (χ4v) is 4.65. The van der Waals surface area contributed by atoms with Crippen molar-refractivity contribution in [1.29, 1.82) is 0 Å². The molecular weight excluding hydrogens is 443 g/mol. The monoisotopic (exact) mass is 464 g/mol. The maximum absolute atomic E-state index is 9.59. The van der Waals surface area contributed by atoms with Crippen molar-refractivity contribution in [3.63, 3.8) is 0 Å². The number of aromatic nitrogens is 3. The molecule has 0 aliphatic carbocycles. The van der Waals surface area contributed by atoms with E-state index in [4.69, 9.17) is 28.2 Å². The molecule has 1 amide bonds. The van der Waals surface area contributed by atoms with E-state index in [1.54, 1.807) is 31.1 Å². The van der Waals surface area contributed by atoms with Crippen LogP contribution in [0.15, 0.2) is 52.6 Å². The van der Waals surface area contributed by atoms with Crippen molar-refractivity contribution >= 4 is 41.1 Å². The van der Waals surface area contributed by atoms with Gasteiger partial charge < -0.3 is 9.40 Å². The van der Waals surface area contributed by atoms with Crippen molar-refractivity contribution in [3.8, 4) is 0 Å². The molecule has 0 bridgehead atoms. The predicted molar refractivity (Wildman–Crippen MR) is 119 cm³/mol. The summed E-state index contributed by atoms with van der Waals surface area (Å²) in [5.41, 5.74) is 2.23. The molecule has 0 unspecified atom stereocenters. The quantitative estimate of drug-likeness (QED) is 0.420. The summed E-state index contributed by atoms with van der Waals surface area (Å²) in [7, 11) is 1.56. The molecule has 3 aromatic rings. The van der Waals surface area contributed by atoms with E-state index in [2.05, 4.69) is 34.3 Å². The fourth-order valence-electron chi connectivity index (χ4n) is 2.71. The number of pyridine rings is 1. The first kappa shape index (κ1) is 22.5. The number of rotatable bonds is 5. The van der Waals surface area contributed by atoms with Gasteiger partial charge in [-0.15, -0.1) is 5.06 Å². The third-order valence-electron chi connectivity index (χ3n) is 4.24. The number of hydrogen-bond acceptors (Lipinski definition) is 5. The zero-order chi connectivity index (χ0) is 21.8. The van der Waals surface area contributed by atoms with Crippen LogP contribution in [0.2, 0.25) is 10.0 Å². The molecule has 1 aliphatic rings. The lowest BCUT2D eigenvalue weighted by molar-refractivity contribution is 0.227. The second-order valence-electron chi connectivity index (χ2n) is 7.01. The van der Waals surface area contributed by atoms with E-state index in [0.717, 1.165) is 38.6 Å². The van der Waals surface area contributed by atoms with Crippen LogP contribution in [0.25, 0.3) is 0 Å². The highest BCUT2D eigenvalue weighted by molar-refractivity contribution is 7.99. The van der Waals surface area contributed by atoms with Crippen LogP contribution in [0, 0.1) is 6.92 Å². The predicted octanol–water partition coefficient (Wildman–Crippen LogP) is 6.20.